The number of hydrogen-bond donors (Lipinski definition) is 0. The first-order valence-electron chi connectivity index (χ1n) is 8.32. The normalized spacial score (nSPS) is 17.3. The fourth-order valence-corrected chi connectivity index (χ4v) is 3.28. The molecule has 0 saturated heterocycles. The van der Waals surface area contributed by atoms with Gasteiger partial charge in [-0.3, -0.25) is 9.59 Å². The Kier molecular flexibility index (Phi) is 4.69. The summed E-state index contributed by atoms with van der Waals surface area (Å²) >= 11 is 0. The fraction of sp³-hybridized carbons (Fsp3) is 0.368. The zero-order chi connectivity index (χ0) is 17.1. The summed E-state index contributed by atoms with van der Waals surface area (Å²) in [6, 6.07) is 13.0. The molecule has 1 amide bonds. The highest BCUT2D eigenvalue weighted by Gasteiger charge is 2.26. The minimum Gasteiger partial charge on any atom is -0.373 e. The van der Waals surface area contributed by atoms with Crippen LogP contribution in [0.3, 0.4) is 0 Å². The van der Waals surface area contributed by atoms with Gasteiger partial charge in [-0.1, -0.05) is 25.1 Å². The molecule has 1 atom stereocenters. The molecule has 126 valence electrons. The molecule has 2 heterocycles. The Morgan fingerprint density at radius 2 is 1.79 bits per heavy atom. The maximum absolute atomic E-state index is 12.8. The molecule has 0 N–H and O–H groups in total. The second kappa shape index (κ2) is 6.91. The number of aryl methyl sites for hydroxylation is 1. The second-order valence-corrected chi connectivity index (χ2v) is 6.46. The number of para-hydroxylation sites is 2. The van der Waals surface area contributed by atoms with Crippen LogP contribution in [0.2, 0.25) is 0 Å². The lowest BCUT2D eigenvalue weighted by atomic mass is 10.1. The first-order chi connectivity index (χ1) is 11.6. The van der Waals surface area contributed by atoms with E-state index in [2.05, 4.69) is 24.9 Å². The molecule has 0 spiro atoms. The van der Waals surface area contributed by atoms with Gasteiger partial charge in [-0.05, 0) is 24.1 Å². The zero-order valence-corrected chi connectivity index (χ0v) is 14.2. The van der Waals surface area contributed by atoms with Crippen molar-refractivity contribution < 1.29 is 4.79 Å². The van der Waals surface area contributed by atoms with Crippen molar-refractivity contribution in [2.75, 3.05) is 29.9 Å². The first-order valence-corrected chi connectivity index (χ1v) is 8.32. The molecule has 5 heteroatoms. The van der Waals surface area contributed by atoms with Crippen LogP contribution in [0.1, 0.15) is 13.3 Å². The van der Waals surface area contributed by atoms with Crippen LogP contribution in [-0.2, 0) is 11.3 Å². The molecule has 0 bridgehead atoms. The Hall–Kier alpha value is -2.56. The van der Waals surface area contributed by atoms with Crippen LogP contribution >= 0.6 is 0 Å². The summed E-state index contributed by atoms with van der Waals surface area (Å²) in [5, 5.41) is 0. The van der Waals surface area contributed by atoms with Gasteiger partial charge in [0.05, 0.1) is 11.4 Å². The maximum Gasteiger partial charge on any atom is 0.250 e. The van der Waals surface area contributed by atoms with Crippen LogP contribution in [-0.4, -0.2) is 30.6 Å². The minimum absolute atomic E-state index is 0.0559. The average Bonchev–Trinajstić information content (AvgIpc) is 2.70. The zero-order valence-electron chi connectivity index (χ0n) is 14.2. The SMILES string of the molecule is CC1CN(C)c2ccccc2N(C(=O)CCn2ccccc2=O)C1. The van der Waals surface area contributed by atoms with E-state index in [1.54, 1.807) is 16.8 Å². The van der Waals surface area contributed by atoms with Crippen LogP contribution in [0.15, 0.2) is 53.5 Å². The van der Waals surface area contributed by atoms with Gasteiger partial charge in [0.15, 0.2) is 0 Å². The largest absolute Gasteiger partial charge is 0.373 e. The number of nitrogens with zero attached hydrogens (tertiary/aromatic N) is 3. The van der Waals surface area contributed by atoms with Crippen molar-refractivity contribution in [2.24, 2.45) is 5.92 Å². The molecule has 0 fully saturated rings. The van der Waals surface area contributed by atoms with Gasteiger partial charge in [-0.15, -0.1) is 0 Å². The highest BCUT2D eigenvalue weighted by atomic mass is 16.2. The summed E-state index contributed by atoms with van der Waals surface area (Å²) < 4.78 is 1.58. The predicted octanol–water partition coefficient (Wildman–Crippen LogP) is 2.36. The number of pyridine rings is 1. The van der Waals surface area contributed by atoms with Crippen molar-refractivity contribution in [1.82, 2.24) is 4.57 Å². The van der Waals surface area contributed by atoms with E-state index >= 15 is 0 Å². The molecule has 0 radical (unpaired) electrons. The summed E-state index contributed by atoms with van der Waals surface area (Å²) in [4.78, 5) is 28.7. The van der Waals surface area contributed by atoms with Crippen molar-refractivity contribution in [3.8, 4) is 0 Å². The number of carbonyl (C=O) groups is 1. The number of fused-ring (bicyclic) bond motifs is 1. The van der Waals surface area contributed by atoms with Crippen molar-refractivity contribution in [3.05, 3.63) is 59.0 Å². The molecular weight excluding hydrogens is 302 g/mol. The molecular formula is C19H23N3O2. The number of benzene rings is 1. The highest BCUT2D eigenvalue weighted by Crippen LogP contribution is 2.32. The van der Waals surface area contributed by atoms with Gasteiger partial charge in [0.25, 0.3) is 5.56 Å². The predicted molar refractivity (Wildman–Crippen MR) is 96.5 cm³/mol. The standard InChI is InChI=1S/C19H23N3O2/c1-15-13-20(2)16-7-3-4-8-17(16)22(14-15)19(24)10-12-21-11-6-5-9-18(21)23/h3-9,11,15H,10,12-14H2,1-2H3. The lowest BCUT2D eigenvalue weighted by Gasteiger charge is -2.24. The highest BCUT2D eigenvalue weighted by molar-refractivity contribution is 5.97. The Balaban J connectivity index is 1.82. The number of hydrogen-bond acceptors (Lipinski definition) is 3. The van der Waals surface area contributed by atoms with E-state index in [1.807, 2.05) is 29.2 Å². The number of aromatic nitrogens is 1. The summed E-state index contributed by atoms with van der Waals surface area (Å²) in [6.07, 6.45) is 2.04. The summed E-state index contributed by atoms with van der Waals surface area (Å²) in [5.41, 5.74) is 1.96. The van der Waals surface area contributed by atoms with Crippen molar-refractivity contribution in [3.63, 3.8) is 0 Å². The second-order valence-electron chi connectivity index (χ2n) is 6.46. The Morgan fingerprint density at radius 3 is 2.54 bits per heavy atom. The molecule has 1 aliphatic rings. The molecule has 0 saturated carbocycles. The van der Waals surface area contributed by atoms with E-state index in [0.29, 0.717) is 25.4 Å². The molecule has 5 nitrogen and oxygen atoms in total. The van der Waals surface area contributed by atoms with Crippen LogP contribution in [0.25, 0.3) is 0 Å². The molecule has 2 aromatic rings. The number of carbonyl (C=O) groups excluding carboxylic acids is 1. The van der Waals surface area contributed by atoms with Gasteiger partial charge in [0, 0.05) is 45.4 Å². The van der Waals surface area contributed by atoms with Crippen molar-refractivity contribution >= 4 is 17.3 Å². The monoisotopic (exact) mass is 325 g/mol. The minimum atomic E-state index is -0.0744. The lowest BCUT2D eigenvalue weighted by molar-refractivity contribution is -0.118. The third-order valence-electron chi connectivity index (χ3n) is 4.43. The smallest absolute Gasteiger partial charge is 0.250 e. The molecule has 24 heavy (non-hydrogen) atoms. The third-order valence-corrected chi connectivity index (χ3v) is 4.43. The summed E-state index contributed by atoms with van der Waals surface area (Å²) in [5.74, 6) is 0.436. The average molecular weight is 325 g/mol. The van der Waals surface area contributed by atoms with Crippen LogP contribution in [0.5, 0.6) is 0 Å². The Bertz CT molecular complexity index is 784. The molecule has 1 aromatic carbocycles. The summed E-state index contributed by atoms with van der Waals surface area (Å²) in [6.45, 7) is 4.18. The Morgan fingerprint density at radius 1 is 1.08 bits per heavy atom. The van der Waals surface area contributed by atoms with E-state index in [9.17, 15) is 9.59 Å². The van der Waals surface area contributed by atoms with E-state index in [0.717, 1.165) is 17.9 Å². The number of rotatable bonds is 3. The maximum atomic E-state index is 12.8. The Labute approximate surface area is 142 Å². The summed E-state index contributed by atoms with van der Waals surface area (Å²) in [7, 11) is 2.06. The fourth-order valence-electron chi connectivity index (χ4n) is 3.28. The van der Waals surface area contributed by atoms with E-state index in [1.165, 1.54) is 6.07 Å². The van der Waals surface area contributed by atoms with Gasteiger partial charge in [-0.25, -0.2) is 0 Å². The topological polar surface area (TPSA) is 45.5 Å². The molecule has 1 aromatic heterocycles. The molecule has 0 aliphatic carbocycles. The number of amides is 1. The molecule has 1 unspecified atom stereocenters. The van der Waals surface area contributed by atoms with Gasteiger partial charge < -0.3 is 14.4 Å². The molecule has 3 rings (SSSR count). The molecule has 1 aliphatic heterocycles. The van der Waals surface area contributed by atoms with Gasteiger partial charge in [0.2, 0.25) is 5.91 Å². The van der Waals surface area contributed by atoms with Crippen molar-refractivity contribution in [1.29, 1.82) is 0 Å². The lowest BCUT2D eigenvalue weighted by Crippen LogP contribution is -2.35. The van der Waals surface area contributed by atoms with Gasteiger partial charge in [0.1, 0.15) is 0 Å². The van der Waals surface area contributed by atoms with E-state index in [4.69, 9.17) is 0 Å². The van der Waals surface area contributed by atoms with E-state index in [-0.39, 0.29) is 11.5 Å². The third kappa shape index (κ3) is 3.35. The quantitative estimate of drug-likeness (QED) is 0.870. The van der Waals surface area contributed by atoms with Gasteiger partial charge in [-0.2, -0.15) is 0 Å². The van der Waals surface area contributed by atoms with Crippen LogP contribution in [0.4, 0.5) is 11.4 Å². The van der Waals surface area contributed by atoms with Crippen LogP contribution < -0.4 is 15.4 Å². The number of anilines is 2. The van der Waals surface area contributed by atoms with Crippen molar-refractivity contribution in [2.45, 2.75) is 19.9 Å². The van der Waals surface area contributed by atoms with E-state index < -0.39 is 0 Å². The van der Waals surface area contributed by atoms with Crippen LogP contribution in [0, 0.1) is 5.92 Å². The van der Waals surface area contributed by atoms with Gasteiger partial charge >= 0.3 is 0 Å². The first kappa shape index (κ1) is 16.3.